The molecule has 9 heteroatoms. The number of halogens is 2. The second-order valence-electron chi connectivity index (χ2n) is 8.79. The molecule has 1 aliphatic heterocycles. The van der Waals surface area contributed by atoms with E-state index in [9.17, 15) is 14.0 Å². The van der Waals surface area contributed by atoms with E-state index in [1.807, 2.05) is 0 Å². The zero-order valence-corrected chi connectivity index (χ0v) is 17.8. The topological polar surface area (TPSA) is 91.5 Å². The molecule has 3 saturated carbocycles. The predicted octanol–water partition coefficient (Wildman–Crippen LogP) is 1.50. The van der Waals surface area contributed by atoms with Gasteiger partial charge in [-0.1, -0.05) is 18.5 Å². The van der Waals surface area contributed by atoms with E-state index in [0.717, 1.165) is 51.3 Å². The summed E-state index contributed by atoms with van der Waals surface area (Å²) >= 11 is 5.63. The van der Waals surface area contributed by atoms with Crippen LogP contribution in [0.3, 0.4) is 0 Å². The molecular weight excluding hydrogens is 411 g/mol. The molecule has 0 aromatic heterocycles. The molecule has 4 N–H and O–H groups in total. The third-order valence-corrected chi connectivity index (χ3v) is 6.61. The minimum atomic E-state index is -0.587. The average Bonchev–Trinajstić information content (AvgIpc) is 2.67. The van der Waals surface area contributed by atoms with Crippen molar-refractivity contribution in [1.82, 2.24) is 21.3 Å². The number of rotatable bonds is 8. The maximum Gasteiger partial charge on any atom is 0.258 e. The van der Waals surface area contributed by atoms with Crippen LogP contribution in [0, 0.1) is 5.82 Å². The van der Waals surface area contributed by atoms with Crippen LogP contribution in [0.4, 0.5) is 4.39 Å². The van der Waals surface area contributed by atoms with Crippen LogP contribution in [-0.2, 0) is 9.59 Å². The molecule has 7 nitrogen and oxygen atoms in total. The molecular formula is C21H28ClFN4O3. The van der Waals surface area contributed by atoms with Crippen molar-refractivity contribution in [3.8, 4) is 5.75 Å². The number of likely N-dealkylation sites (N-methyl/N-ethyl adjacent to an activating group) is 1. The molecule has 30 heavy (non-hydrogen) atoms. The molecule has 1 aromatic rings. The van der Waals surface area contributed by atoms with Crippen LogP contribution in [0.2, 0.25) is 5.02 Å². The Hall–Kier alpha value is -1.90. The van der Waals surface area contributed by atoms with E-state index in [1.165, 1.54) is 12.1 Å². The number of carbonyl (C=O) groups excluding carboxylic acids is 2. The molecule has 0 spiro atoms. The highest BCUT2D eigenvalue weighted by Gasteiger charge is 2.69. The molecule has 164 valence electrons. The van der Waals surface area contributed by atoms with E-state index in [1.54, 1.807) is 0 Å². The molecule has 2 atom stereocenters. The third-order valence-electron chi connectivity index (χ3n) is 6.31. The van der Waals surface area contributed by atoms with E-state index in [-0.39, 0.29) is 46.3 Å². The number of nitrogens with one attached hydrogen (secondary N) is 4. The number of hydrogen-bond acceptors (Lipinski definition) is 5. The van der Waals surface area contributed by atoms with Crippen molar-refractivity contribution in [3.05, 3.63) is 29.0 Å². The van der Waals surface area contributed by atoms with Gasteiger partial charge in [0.1, 0.15) is 11.6 Å². The Morgan fingerprint density at radius 1 is 1.23 bits per heavy atom. The lowest BCUT2D eigenvalue weighted by Gasteiger charge is -2.70. The Balaban J connectivity index is 1.17. The van der Waals surface area contributed by atoms with Gasteiger partial charge in [0, 0.05) is 29.7 Å². The van der Waals surface area contributed by atoms with Crippen LogP contribution in [0.25, 0.3) is 0 Å². The van der Waals surface area contributed by atoms with E-state index in [4.69, 9.17) is 16.3 Å². The summed E-state index contributed by atoms with van der Waals surface area (Å²) in [6, 6.07) is 4.34. The molecule has 0 radical (unpaired) electrons. The van der Waals surface area contributed by atoms with Gasteiger partial charge in [0.2, 0.25) is 5.91 Å². The summed E-state index contributed by atoms with van der Waals surface area (Å²) in [4.78, 5) is 24.8. The van der Waals surface area contributed by atoms with E-state index in [2.05, 4.69) is 28.2 Å². The number of hydrogen-bond donors (Lipinski definition) is 4. The van der Waals surface area contributed by atoms with Gasteiger partial charge in [-0.25, -0.2) is 4.39 Å². The van der Waals surface area contributed by atoms with Crippen molar-refractivity contribution in [2.24, 2.45) is 0 Å². The molecule has 1 heterocycles. The van der Waals surface area contributed by atoms with Gasteiger partial charge in [0.25, 0.3) is 5.91 Å². The highest BCUT2D eigenvalue weighted by atomic mass is 35.5. The highest BCUT2D eigenvalue weighted by molar-refractivity contribution is 6.30. The molecule has 4 fully saturated rings. The SMILES string of the molecule is CCNC1CCC(C(=O)NC23CC(NC(=O)COc4ccc(Cl)c(F)c4)(C2)C3)NC1. The van der Waals surface area contributed by atoms with Gasteiger partial charge in [-0.2, -0.15) is 0 Å². The normalized spacial score (nSPS) is 31.8. The van der Waals surface area contributed by atoms with Crippen LogP contribution >= 0.6 is 11.6 Å². The fourth-order valence-electron chi connectivity index (χ4n) is 4.99. The Kier molecular flexibility index (Phi) is 5.92. The molecule has 3 aliphatic carbocycles. The Morgan fingerprint density at radius 2 is 1.97 bits per heavy atom. The quantitative estimate of drug-likeness (QED) is 0.493. The fourth-order valence-corrected chi connectivity index (χ4v) is 5.11. The largest absolute Gasteiger partial charge is 0.484 e. The minimum absolute atomic E-state index is 0.00823. The minimum Gasteiger partial charge on any atom is -0.484 e. The smallest absolute Gasteiger partial charge is 0.258 e. The van der Waals surface area contributed by atoms with Crippen molar-refractivity contribution >= 4 is 23.4 Å². The molecule has 5 rings (SSSR count). The van der Waals surface area contributed by atoms with Gasteiger partial charge in [-0.3, -0.25) is 9.59 Å². The number of amides is 2. The summed E-state index contributed by atoms with van der Waals surface area (Å²) in [6.45, 7) is 3.62. The fraction of sp³-hybridized carbons (Fsp3) is 0.619. The first-order valence-corrected chi connectivity index (χ1v) is 10.9. The van der Waals surface area contributed by atoms with Crippen molar-refractivity contribution in [1.29, 1.82) is 0 Å². The summed E-state index contributed by atoms with van der Waals surface area (Å²) in [5, 5.41) is 12.9. The van der Waals surface area contributed by atoms with Crippen LogP contribution in [-0.4, -0.2) is 54.7 Å². The highest BCUT2D eigenvalue weighted by Crippen LogP contribution is 2.60. The first-order chi connectivity index (χ1) is 14.3. The van der Waals surface area contributed by atoms with Gasteiger partial charge >= 0.3 is 0 Å². The maximum atomic E-state index is 13.4. The number of carbonyl (C=O) groups is 2. The van der Waals surface area contributed by atoms with Crippen molar-refractivity contribution in [2.45, 2.75) is 62.2 Å². The van der Waals surface area contributed by atoms with Crippen molar-refractivity contribution < 1.29 is 18.7 Å². The lowest BCUT2D eigenvalue weighted by Crippen LogP contribution is -2.84. The van der Waals surface area contributed by atoms with Gasteiger partial charge in [0.05, 0.1) is 11.1 Å². The predicted molar refractivity (Wildman–Crippen MR) is 111 cm³/mol. The Bertz CT molecular complexity index is 809. The van der Waals surface area contributed by atoms with E-state index >= 15 is 0 Å². The maximum absolute atomic E-state index is 13.4. The van der Waals surface area contributed by atoms with Crippen LogP contribution in [0.5, 0.6) is 5.75 Å². The summed E-state index contributed by atoms with van der Waals surface area (Å²) < 4.78 is 18.8. The molecule has 1 saturated heterocycles. The second kappa shape index (κ2) is 8.32. The summed E-state index contributed by atoms with van der Waals surface area (Å²) in [7, 11) is 0. The molecule has 2 amide bonds. The van der Waals surface area contributed by atoms with Gasteiger partial charge in [-0.15, -0.1) is 0 Å². The van der Waals surface area contributed by atoms with Crippen LogP contribution < -0.4 is 26.0 Å². The third kappa shape index (κ3) is 4.40. The van der Waals surface area contributed by atoms with E-state index in [0.29, 0.717) is 6.04 Å². The van der Waals surface area contributed by atoms with Gasteiger partial charge < -0.3 is 26.0 Å². The van der Waals surface area contributed by atoms with Crippen LogP contribution in [0.15, 0.2) is 18.2 Å². The summed E-state index contributed by atoms with van der Waals surface area (Å²) in [6.07, 6.45) is 4.02. The summed E-state index contributed by atoms with van der Waals surface area (Å²) in [5.41, 5.74) is -0.445. The first kappa shape index (κ1) is 21.3. The number of piperidine rings is 1. The molecule has 1 aromatic carbocycles. The number of ether oxygens (including phenoxy) is 1. The zero-order valence-electron chi connectivity index (χ0n) is 17.0. The van der Waals surface area contributed by atoms with Gasteiger partial charge in [0.15, 0.2) is 6.61 Å². The molecule has 2 unspecified atom stereocenters. The second-order valence-corrected chi connectivity index (χ2v) is 9.19. The van der Waals surface area contributed by atoms with Crippen LogP contribution in [0.1, 0.15) is 39.0 Å². The van der Waals surface area contributed by atoms with Crippen molar-refractivity contribution in [3.63, 3.8) is 0 Å². The average molecular weight is 439 g/mol. The van der Waals surface area contributed by atoms with E-state index < -0.39 is 5.82 Å². The van der Waals surface area contributed by atoms with Gasteiger partial charge in [-0.05, 0) is 50.8 Å². The lowest BCUT2D eigenvalue weighted by atomic mass is 9.44. The number of benzene rings is 1. The zero-order chi connectivity index (χ0) is 21.4. The Morgan fingerprint density at radius 3 is 2.60 bits per heavy atom. The first-order valence-electron chi connectivity index (χ1n) is 10.5. The standard InChI is InChI=1S/C21H28ClFN4O3/c1-2-24-13-3-6-17(25-8-13)19(29)27-21-10-20(11-21,12-21)26-18(28)9-30-14-4-5-15(22)16(23)7-14/h4-5,7,13,17,24-25H,2-3,6,8-12H2,1H3,(H,26,28)(H,27,29). The monoisotopic (exact) mass is 438 g/mol. The Labute approximate surface area is 180 Å². The molecule has 2 bridgehead atoms. The summed E-state index contributed by atoms with van der Waals surface area (Å²) in [5.74, 6) is -0.535. The molecule has 4 aliphatic rings. The lowest BCUT2D eigenvalue weighted by molar-refractivity contribution is -0.151. The van der Waals surface area contributed by atoms with Crippen molar-refractivity contribution in [2.75, 3.05) is 19.7 Å².